The van der Waals surface area contributed by atoms with Crippen LogP contribution in [0.4, 0.5) is 0 Å². The molecule has 0 spiro atoms. The van der Waals surface area contributed by atoms with Crippen LogP contribution in [-0.2, 0) is 6.42 Å². The molecule has 0 aliphatic heterocycles. The summed E-state index contributed by atoms with van der Waals surface area (Å²) < 4.78 is 0. The van der Waals surface area contributed by atoms with Gasteiger partial charge in [0.15, 0.2) is 0 Å². The first-order valence-corrected chi connectivity index (χ1v) is 5.22. The van der Waals surface area contributed by atoms with Crippen LogP contribution in [0.15, 0.2) is 24.5 Å². The van der Waals surface area contributed by atoms with E-state index < -0.39 is 0 Å². The smallest absolute Gasteiger partial charge is 0.0299 e. The lowest BCUT2D eigenvalue weighted by atomic mass is 9.96. The minimum Gasteiger partial charge on any atom is -0.315 e. The second-order valence-corrected chi connectivity index (χ2v) is 4.35. The Labute approximate surface area is 86.8 Å². The van der Waals surface area contributed by atoms with E-state index in [9.17, 15) is 0 Å². The summed E-state index contributed by atoms with van der Waals surface area (Å²) in [5.41, 5.74) is 1.58. The van der Waals surface area contributed by atoms with Gasteiger partial charge in [-0.15, -0.1) is 0 Å². The zero-order valence-electron chi connectivity index (χ0n) is 9.38. The molecule has 78 valence electrons. The highest BCUT2D eigenvalue weighted by molar-refractivity contribution is 5.08. The molecular formula is C12H20N2. The Hall–Kier alpha value is -0.890. The van der Waals surface area contributed by atoms with E-state index >= 15 is 0 Å². The van der Waals surface area contributed by atoms with E-state index in [0.29, 0.717) is 0 Å². The van der Waals surface area contributed by atoms with Crippen LogP contribution in [-0.4, -0.2) is 17.6 Å². The molecule has 0 saturated carbocycles. The van der Waals surface area contributed by atoms with Gasteiger partial charge in [0.25, 0.3) is 0 Å². The highest BCUT2D eigenvalue weighted by Gasteiger charge is 2.13. The monoisotopic (exact) mass is 192 g/mol. The summed E-state index contributed by atoms with van der Waals surface area (Å²) in [4.78, 5) is 4.10. The van der Waals surface area contributed by atoms with Crippen molar-refractivity contribution < 1.29 is 0 Å². The third-order valence-corrected chi connectivity index (χ3v) is 2.67. The van der Waals surface area contributed by atoms with Crippen molar-refractivity contribution in [2.75, 3.05) is 7.05 Å². The molecule has 0 aromatic carbocycles. The van der Waals surface area contributed by atoms with Crippen molar-refractivity contribution in [2.45, 2.75) is 38.6 Å². The van der Waals surface area contributed by atoms with Crippen LogP contribution in [0.2, 0.25) is 0 Å². The molecule has 1 rings (SSSR count). The summed E-state index contributed by atoms with van der Waals surface area (Å²) in [6, 6.07) is 4.14. The van der Waals surface area contributed by atoms with E-state index in [0.717, 1.165) is 6.42 Å². The van der Waals surface area contributed by atoms with E-state index in [-0.39, 0.29) is 5.54 Å². The topological polar surface area (TPSA) is 24.9 Å². The molecule has 2 nitrogen and oxygen atoms in total. The number of nitrogens with zero attached hydrogens (tertiary/aromatic N) is 1. The number of aromatic nitrogens is 1. The van der Waals surface area contributed by atoms with Crippen LogP contribution in [0.1, 0.15) is 32.3 Å². The van der Waals surface area contributed by atoms with E-state index in [2.05, 4.69) is 30.2 Å². The van der Waals surface area contributed by atoms with Crippen molar-refractivity contribution in [3.05, 3.63) is 30.1 Å². The lowest BCUT2D eigenvalue weighted by molar-refractivity contribution is 0.382. The first-order valence-electron chi connectivity index (χ1n) is 5.22. The minimum absolute atomic E-state index is 0.252. The molecule has 1 aromatic heterocycles. The molecule has 0 amide bonds. The van der Waals surface area contributed by atoms with Crippen molar-refractivity contribution in [2.24, 2.45) is 0 Å². The van der Waals surface area contributed by atoms with Crippen molar-refractivity contribution >= 4 is 0 Å². The van der Waals surface area contributed by atoms with Gasteiger partial charge in [0.05, 0.1) is 0 Å². The molecule has 1 heterocycles. The van der Waals surface area contributed by atoms with Gasteiger partial charge in [-0.05, 0) is 51.8 Å². The molecule has 0 aliphatic rings. The average molecular weight is 192 g/mol. The molecular weight excluding hydrogens is 172 g/mol. The van der Waals surface area contributed by atoms with Gasteiger partial charge >= 0.3 is 0 Å². The van der Waals surface area contributed by atoms with Gasteiger partial charge in [-0.25, -0.2) is 0 Å². The Morgan fingerprint density at radius 3 is 2.79 bits per heavy atom. The van der Waals surface area contributed by atoms with Gasteiger partial charge in [-0.3, -0.25) is 4.98 Å². The number of hydrogen-bond acceptors (Lipinski definition) is 2. The first-order chi connectivity index (χ1) is 6.64. The van der Waals surface area contributed by atoms with Gasteiger partial charge < -0.3 is 5.32 Å². The summed E-state index contributed by atoms with van der Waals surface area (Å²) in [7, 11) is 2.02. The van der Waals surface area contributed by atoms with Crippen LogP contribution < -0.4 is 5.32 Å². The second kappa shape index (κ2) is 5.11. The van der Waals surface area contributed by atoms with E-state index in [1.54, 1.807) is 0 Å². The maximum atomic E-state index is 4.10. The number of pyridine rings is 1. The molecule has 1 N–H and O–H groups in total. The fourth-order valence-electron chi connectivity index (χ4n) is 1.41. The molecule has 0 bridgehead atoms. The molecule has 2 heteroatoms. The largest absolute Gasteiger partial charge is 0.315 e. The number of aryl methyl sites for hydroxylation is 1. The average Bonchev–Trinajstić information content (AvgIpc) is 2.19. The first kappa shape index (κ1) is 11.2. The van der Waals surface area contributed by atoms with Gasteiger partial charge in [-0.2, -0.15) is 0 Å². The molecule has 0 radical (unpaired) electrons. The van der Waals surface area contributed by atoms with Crippen LogP contribution in [0.5, 0.6) is 0 Å². The second-order valence-electron chi connectivity index (χ2n) is 4.35. The molecule has 0 atom stereocenters. The maximum Gasteiger partial charge on any atom is 0.0299 e. The lowest BCUT2D eigenvalue weighted by Crippen LogP contribution is -2.35. The Kier molecular flexibility index (Phi) is 4.08. The van der Waals surface area contributed by atoms with Gasteiger partial charge in [-0.1, -0.05) is 6.07 Å². The van der Waals surface area contributed by atoms with E-state index in [1.807, 2.05) is 25.5 Å². The molecule has 0 unspecified atom stereocenters. The quantitative estimate of drug-likeness (QED) is 0.775. The van der Waals surface area contributed by atoms with Crippen LogP contribution in [0, 0.1) is 0 Å². The van der Waals surface area contributed by atoms with Gasteiger partial charge in [0, 0.05) is 17.9 Å². The lowest BCUT2D eigenvalue weighted by Gasteiger charge is -2.23. The summed E-state index contributed by atoms with van der Waals surface area (Å²) in [5.74, 6) is 0. The SMILES string of the molecule is CNC(C)(C)CCCc1cccnc1. The Morgan fingerprint density at radius 2 is 2.21 bits per heavy atom. The van der Waals surface area contributed by atoms with Gasteiger partial charge in [0.1, 0.15) is 0 Å². The normalized spacial score (nSPS) is 11.6. The predicted molar refractivity (Wildman–Crippen MR) is 60.3 cm³/mol. The molecule has 0 aliphatic carbocycles. The third kappa shape index (κ3) is 3.88. The Morgan fingerprint density at radius 1 is 1.43 bits per heavy atom. The summed E-state index contributed by atoms with van der Waals surface area (Å²) in [6.45, 7) is 4.46. The minimum atomic E-state index is 0.252. The van der Waals surface area contributed by atoms with E-state index in [1.165, 1.54) is 18.4 Å². The number of nitrogens with one attached hydrogen (secondary N) is 1. The highest BCUT2D eigenvalue weighted by atomic mass is 14.9. The molecule has 14 heavy (non-hydrogen) atoms. The molecule has 1 aromatic rings. The Balaban J connectivity index is 2.29. The third-order valence-electron chi connectivity index (χ3n) is 2.67. The van der Waals surface area contributed by atoms with Crippen molar-refractivity contribution in [3.63, 3.8) is 0 Å². The summed E-state index contributed by atoms with van der Waals surface area (Å²) >= 11 is 0. The van der Waals surface area contributed by atoms with Crippen molar-refractivity contribution in [3.8, 4) is 0 Å². The summed E-state index contributed by atoms with van der Waals surface area (Å²) in [6.07, 6.45) is 7.30. The van der Waals surface area contributed by atoms with Crippen molar-refractivity contribution in [1.82, 2.24) is 10.3 Å². The highest BCUT2D eigenvalue weighted by Crippen LogP contribution is 2.12. The van der Waals surface area contributed by atoms with Crippen LogP contribution in [0.3, 0.4) is 0 Å². The Bertz CT molecular complexity index is 254. The van der Waals surface area contributed by atoms with Crippen molar-refractivity contribution in [1.29, 1.82) is 0 Å². The predicted octanol–water partition coefficient (Wildman–Crippen LogP) is 2.40. The summed E-state index contributed by atoms with van der Waals surface area (Å²) in [5, 5.41) is 3.31. The number of rotatable bonds is 5. The maximum absolute atomic E-state index is 4.10. The molecule has 0 saturated heterocycles. The fraction of sp³-hybridized carbons (Fsp3) is 0.583. The van der Waals surface area contributed by atoms with E-state index in [4.69, 9.17) is 0 Å². The van der Waals surface area contributed by atoms with Crippen LogP contribution in [0.25, 0.3) is 0 Å². The zero-order valence-corrected chi connectivity index (χ0v) is 9.38. The zero-order chi connectivity index (χ0) is 10.4. The van der Waals surface area contributed by atoms with Crippen LogP contribution >= 0.6 is 0 Å². The fourth-order valence-corrected chi connectivity index (χ4v) is 1.41. The van der Waals surface area contributed by atoms with Gasteiger partial charge in [0.2, 0.25) is 0 Å². The number of hydrogen-bond donors (Lipinski definition) is 1. The standard InChI is InChI=1S/C12H20N2/c1-12(2,13-3)8-4-6-11-7-5-9-14-10-11/h5,7,9-10,13H,4,6,8H2,1-3H3. The molecule has 0 fully saturated rings.